The molecule has 0 aliphatic heterocycles. The van der Waals surface area contributed by atoms with Gasteiger partial charge in [0.1, 0.15) is 12.6 Å². The predicted octanol–water partition coefficient (Wildman–Crippen LogP) is 5.83. The van der Waals surface area contributed by atoms with Gasteiger partial charge in [0.2, 0.25) is 21.8 Å². The van der Waals surface area contributed by atoms with E-state index in [1.807, 2.05) is 44.2 Å². The fourth-order valence-electron chi connectivity index (χ4n) is 4.08. The molecule has 3 aromatic rings. The standard InChI is InChI=1S/C29H32Cl3N3O4S/c1-20(2)17-33-29(37)27(16-21-10-5-4-6-11-21)34(18-22-23(30)13-9-14-24(22)31)28(36)19-35(40(3,38)39)26-15-8-7-12-25(26)32/h4-15,20,27H,16-19H2,1-3H3,(H,33,37)/t27-/m0/s1. The minimum atomic E-state index is -3.94. The van der Waals surface area contributed by atoms with Gasteiger partial charge in [0, 0.05) is 35.1 Å². The maximum absolute atomic E-state index is 14.1. The molecule has 0 radical (unpaired) electrons. The molecule has 1 atom stereocenters. The normalized spacial score (nSPS) is 12.2. The van der Waals surface area contributed by atoms with Gasteiger partial charge in [-0.05, 0) is 35.7 Å². The Morgan fingerprint density at radius 3 is 2.00 bits per heavy atom. The van der Waals surface area contributed by atoms with Gasteiger partial charge in [-0.2, -0.15) is 0 Å². The molecule has 40 heavy (non-hydrogen) atoms. The Bertz CT molecular complexity index is 1420. The largest absolute Gasteiger partial charge is 0.354 e. The molecule has 0 spiro atoms. The Labute approximate surface area is 251 Å². The number of amides is 2. The fourth-order valence-corrected chi connectivity index (χ4v) is 5.75. The Kier molecular flexibility index (Phi) is 11.3. The number of halogens is 3. The van der Waals surface area contributed by atoms with Crippen LogP contribution in [-0.2, 0) is 32.6 Å². The van der Waals surface area contributed by atoms with E-state index < -0.39 is 28.5 Å². The molecule has 3 aromatic carbocycles. The van der Waals surface area contributed by atoms with Crippen LogP contribution >= 0.6 is 34.8 Å². The first-order chi connectivity index (χ1) is 18.9. The molecule has 2 amide bonds. The highest BCUT2D eigenvalue weighted by molar-refractivity contribution is 7.92. The van der Waals surface area contributed by atoms with Gasteiger partial charge >= 0.3 is 0 Å². The molecule has 0 heterocycles. The highest BCUT2D eigenvalue weighted by atomic mass is 35.5. The van der Waals surface area contributed by atoms with Crippen molar-refractivity contribution in [2.45, 2.75) is 32.9 Å². The summed E-state index contributed by atoms with van der Waals surface area (Å²) in [5.74, 6) is -0.830. The van der Waals surface area contributed by atoms with Crippen molar-refractivity contribution < 1.29 is 18.0 Å². The maximum atomic E-state index is 14.1. The molecule has 0 aliphatic rings. The van der Waals surface area contributed by atoms with Crippen LogP contribution < -0.4 is 9.62 Å². The molecule has 0 aliphatic carbocycles. The van der Waals surface area contributed by atoms with Crippen LogP contribution in [0.1, 0.15) is 25.0 Å². The summed E-state index contributed by atoms with van der Waals surface area (Å²) in [5, 5.41) is 3.72. The zero-order valence-corrected chi connectivity index (χ0v) is 25.6. The summed E-state index contributed by atoms with van der Waals surface area (Å²) in [6.45, 7) is 3.62. The van der Waals surface area contributed by atoms with Crippen molar-refractivity contribution in [2.24, 2.45) is 5.92 Å². The summed E-state index contributed by atoms with van der Waals surface area (Å²) in [7, 11) is -3.94. The number of para-hydroxylation sites is 1. The second kappa shape index (κ2) is 14.2. The number of nitrogens with zero attached hydrogens (tertiary/aromatic N) is 2. The molecule has 11 heteroatoms. The molecule has 214 valence electrons. The van der Waals surface area contributed by atoms with Crippen molar-refractivity contribution in [3.8, 4) is 0 Å². The molecule has 0 aromatic heterocycles. The second-order valence-corrected chi connectivity index (χ2v) is 12.9. The summed E-state index contributed by atoms with van der Waals surface area (Å²) in [5.41, 5.74) is 1.42. The number of carbonyl (C=O) groups is 2. The van der Waals surface area contributed by atoms with Crippen molar-refractivity contribution in [3.63, 3.8) is 0 Å². The first-order valence-electron chi connectivity index (χ1n) is 12.6. The van der Waals surface area contributed by atoms with Crippen LogP contribution in [0.15, 0.2) is 72.8 Å². The van der Waals surface area contributed by atoms with Gasteiger partial charge in [-0.3, -0.25) is 13.9 Å². The minimum Gasteiger partial charge on any atom is -0.354 e. The molecule has 0 fully saturated rings. The van der Waals surface area contributed by atoms with Gasteiger partial charge in [-0.1, -0.05) is 97.2 Å². The number of sulfonamides is 1. The molecule has 0 bridgehead atoms. The van der Waals surface area contributed by atoms with Crippen molar-refractivity contribution in [3.05, 3.63) is 99.0 Å². The van der Waals surface area contributed by atoms with E-state index in [0.717, 1.165) is 16.1 Å². The number of benzene rings is 3. The molecule has 0 saturated carbocycles. The van der Waals surface area contributed by atoms with Crippen molar-refractivity contribution in [1.29, 1.82) is 0 Å². The van der Waals surface area contributed by atoms with Gasteiger partial charge in [-0.15, -0.1) is 0 Å². The Hall–Kier alpha value is -2.78. The van der Waals surface area contributed by atoms with Gasteiger partial charge in [0.15, 0.2) is 0 Å². The fraction of sp³-hybridized carbons (Fsp3) is 0.310. The average molecular weight is 625 g/mol. The molecule has 7 nitrogen and oxygen atoms in total. The van der Waals surface area contributed by atoms with Crippen LogP contribution in [0.4, 0.5) is 5.69 Å². The van der Waals surface area contributed by atoms with Gasteiger partial charge < -0.3 is 10.2 Å². The van der Waals surface area contributed by atoms with Gasteiger partial charge in [0.05, 0.1) is 17.0 Å². The first-order valence-corrected chi connectivity index (χ1v) is 15.6. The third kappa shape index (κ3) is 8.61. The topological polar surface area (TPSA) is 86.8 Å². The molecular weight excluding hydrogens is 593 g/mol. The zero-order valence-electron chi connectivity index (χ0n) is 22.5. The second-order valence-electron chi connectivity index (χ2n) is 9.79. The van der Waals surface area contributed by atoms with Gasteiger partial charge in [-0.25, -0.2) is 8.42 Å². The Balaban J connectivity index is 2.10. The van der Waals surface area contributed by atoms with Crippen molar-refractivity contribution >= 4 is 62.3 Å². The number of rotatable bonds is 12. The average Bonchev–Trinajstić information content (AvgIpc) is 2.89. The summed E-state index contributed by atoms with van der Waals surface area (Å²) >= 11 is 19.3. The van der Waals surface area contributed by atoms with Gasteiger partial charge in [0.25, 0.3) is 0 Å². The number of hydrogen-bond acceptors (Lipinski definition) is 4. The molecule has 0 saturated heterocycles. The lowest BCUT2D eigenvalue weighted by Crippen LogP contribution is -2.53. The summed E-state index contributed by atoms with van der Waals surface area (Å²) in [6, 6.07) is 19.6. The third-order valence-corrected chi connectivity index (χ3v) is 8.30. The molecular formula is C29H32Cl3N3O4S. The predicted molar refractivity (Wildman–Crippen MR) is 162 cm³/mol. The number of nitrogens with one attached hydrogen (secondary N) is 1. The first kappa shape index (κ1) is 31.7. The van der Waals surface area contributed by atoms with Crippen LogP contribution in [0.5, 0.6) is 0 Å². The number of carbonyl (C=O) groups excluding carboxylic acids is 2. The van der Waals surface area contributed by atoms with E-state index in [9.17, 15) is 18.0 Å². The Morgan fingerprint density at radius 2 is 1.43 bits per heavy atom. The molecule has 3 rings (SSSR count). The maximum Gasteiger partial charge on any atom is 0.244 e. The lowest BCUT2D eigenvalue weighted by atomic mass is 10.0. The highest BCUT2D eigenvalue weighted by Gasteiger charge is 2.34. The van der Waals surface area contributed by atoms with E-state index in [1.54, 1.807) is 36.4 Å². The summed E-state index contributed by atoms with van der Waals surface area (Å²) in [4.78, 5) is 29.1. The van der Waals surface area contributed by atoms with E-state index in [-0.39, 0.29) is 35.5 Å². The van der Waals surface area contributed by atoms with Crippen LogP contribution in [-0.4, -0.2) is 50.5 Å². The summed E-state index contributed by atoms with van der Waals surface area (Å²) in [6.07, 6.45) is 1.18. The van der Waals surface area contributed by atoms with E-state index in [4.69, 9.17) is 34.8 Å². The van der Waals surface area contributed by atoms with Crippen LogP contribution in [0, 0.1) is 5.92 Å². The van der Waals surface area contributed by atoms with E-state index in [2.05, 4.69) is 5.32 Å². The smallest absolute Gasteiger partial charge is 0.244 e. The molecule has 1 N–H and O–H groups in total. The third-order valence-electron chi connectivity index (χ3n) is 6.15. The van der Waals surface area contributed by atoms with Crippen LogP contribution in [0.3, 0.4) is 0 Å². The van der Waals surface area contributed by atoms with E-state index in [1.165, 1.54) is 11.0 Å². The summed E-state index contributed by atoms with van der Waals surface area (Å²) < 4.78 is 26.6. The number of hydrogen-bond donors (Lipinski definition) is 1. The monoisotopic (exact) mass is 623 g/mol. The highest BCUT2D eigenvalue weighted by Crippen LogP contribution is 2.30. The number of anilines is 1. The quantitative estimate of drug-likeness (QED) is 0.275. The van der Waals surface area contributed by atoms with E-state index in [0.29, 0.717) is 22.2 Å². The molecule has 0 unspecified atom stereocenters. The lowest BCUT2D eigenvalue weighted by molar-refractivity contribution is -0.140. The van der Waals surface area contributed by atoms with Crippen LogP contribution in [0.25, 0.3) is 0 Å². The minimum absolute atomic E-state index is 0.121. The van der Waals surface area contributed by atoms with Crippen LogP contribution in [0.2, 0.25) is 15.1 Å². The Morgan fingerprint density at radius 1 is 0.850 bits per heavy atom. The lowest BCUT2D eigenvalue weighted by Gasteiger charge is -2.34. The van der Waals surface area contributed by atoms with Crippen molar-refractivity contribution in [2.75, 3.05) is 23.7 Å². The van der Waals surface area contributed by atoms with Crippen molar-refractivity contribution in [1.82, 2.24) is 10.2 Å². The zero-order chi connectivity index (χ0) is 29.4. The SMILES string of the molecule is CC(C)CNC(=O)[C@H](Cc1ccccc1)N(Cc1c(Cl)cccc1Cl)C(=O)CN(c1ccccc1Cl)S(C)(=O)=O. The van der Waals surface area contributed by atoms with E-state index >= 15 is 0 Å².